The van der Waals surface area contributed by atoms with Crippen LogP contribution in [0, 0.1) is 5.92 Å². The van der Waals surface area contributed by atoms with Gasteiger partial charge < -0.3 is 15.5 Å². The Hall–Kier alpha value is -1.55. The molecule has 0 unspecified atom stereocenters. The Morgan fingerprint density at radius 2 is 1.85 bits per heavy atom. The molecule has 1 saturated carbocycles. The predicted molar refractivity (Wildman–Crippen MR) is 80.4 cm³/mol. The van der Waals surface area contributed by atoms with Crippen LogP contribution in [0.15, 0.2) is 35.5 Å². The lowest BCUT2D eigenvalue weighted by Crippen LogP contribution is -2.43. The third kappa shape index (κ3) is 3.51. The summed E-state index contributed by atoms with van der Waals surface area (Å²) in [4.78, 5) is 7.87. The molecule has 0 aromatic heterocycles. The molecular formula is C16H23N3O. The van der Waals surface area contributed by atoms with Gasteiger partial charge in [0.05, 0.1) is 0 Å². The van der Waals surface area contributed by atoms with E-state index in [-0.39, 0.29) is 0 Å². The van der Waals surface area contributed by atoms with Gasteiger partial charge in [-0.3, -0.25) is 0 Å². The van der Waals surface area contributed by atoms with Crippen molar-refractivity contribution in [2.45, 2.75) is 31.7 Å². The van der Waals surface area contributed by atoms with E-state index in [0.717, 1.165) is 49.9 Å². The molecule has 2 fully saturated rings. The molecule has 1 aromatic rings. The largest absolute Gasteiger partial charge is 0.394 e. The molecular weight excluding hydrogens is 250 g/mol. The number of amidine groups is 1. The minimum absolute atomic E-state index is 0.329. The molecule has 0 spiro atoms. The first kappa shape index (κ1) is 13.4. The van der Waals surface area contributed by atoms with Crippen LogP contribution in [0.2, 0.25) is 0 Å². The van der Waals surface area contributed by atoms with Crippen molar-refractivity contribution in [3.05, 3.63) is 35.9 Å². The smallest absolute Gasteiger partial charge is 0.175 e. The number of benzene rings is 1. The number of nitrogens with two attached hydrogens (primary N) is 1. The summed E-state index contributed by atoms with van der Waals surface area (Å²) in [6.07, 6.45) is 4.62. The molecule has 4 nitrogen and oxygen atoms in total. The lowest BCUT2D eigenvalue weighted by atomic mass is 10.0. The number of nitrogens with zero attached hydrogens (tertiary/aromatic N) is 2. The fraction of sp³-hybridized carbons (Fsp3) is 0.562. The second-order valence-electron chi connectivity index (χ2n) is 5.84. The first-order chi connectivity index (χ1) is 9.83. The number of rotatable bonds is 4. The SMILES string of the molecule is NC1CCN(/C(=N/OCC2CC2)c2ccccc2)CC1. The molecule has 1 saturated heterocycles. The molecule has 1 aliphatic carbocycles. The first-order valence-corrected chi connectivity index (χ1v) is 7.59. The number of likely N-dealkylation sites (tertiary alicyclic amines) is 1. The van der Waals surface area contributed by atoms with Crippen LogP contribution in [0.3, 0.4) is 0 Å². The zero-order chi connectivity index (χ0) is 13.8. The summed E-state index contributed by atoms with van der Waals surface area (Å²) in [5, 5.41) is 4.42. The molecule has 1 aromatic carbocycles. The van der Waals surface area contributed by atoms with Crippen molar-refractivity contribution in [2.75, 3.05) is 19.7 Å². The van der Waals surface area contributed by atoms with Gasteiger partial charge in [-0.25, -0.2) is 0 Å². The van der Waals surface area contributed by atoms with Gasteiger partial charge in [-0.05, 0) is 31.6 Å². The van der Waals surface area contributed by atoms with Gasteiger partial charge in [-0.1, -0.05) is 35.5 Å². The Morgan fingerprint density at radius 3 is 2.50 bits per heavy atom. The fourth-order valence-corrected chi connectivity index (χ4v) is 2.48. The third-order valence-electron chi connectivity index (χ3n) is 4.03. The minimum Gasteiger partial charge on any atom is -0.394 e. The Morgan fingerprint density at radius 1 is 1.15 bits per heavy atom. The molecule has 4 heteroatoms. The maximum atomic E-state index is 5.99. The summed E-state index contributed by atoms with van der Waals surface area (Å²) in [6, 6.07) is 10.6. The lowest BCUT2D eigenvalue weighted by molar-refractivity contribution is 0.128. The molecule has 108 valence electrons. The Balaban J connectivity index is 1.71. The van der Waals surface area contributed by atoms with Gasteiger partial charge >= 0.3 is 0 Å². The number of hydrogen-bond donors (Lipinski definition) is 1. The van der Waals surface area contributed by atoms with Crippen LogP contribution in [0.4, 0.5) is 0 Å². The normalized spacial score (nSPS) is 21.1. The molecule has 3 rings (SSSR count). The summed E-state index contributed by atoms with van der Waals surface area (Å²) in [5.41, 5.74) is 7.11. The summed E-state index contributed by atoms with van der Waals surface area (Å²) < 4.78 is 0. The summed E-state index contributed by atoms with van der Waals surface area (Å²) in [5.74, 6) is 1.68. The Kier molecular flexibility index (Phi) is 4.21. The van der Waals surface area contributed by atoms with Crippen molar-refractivity contribution in [3.63, 3.8) is 0 Å². The van der Waals surface area contributed by atoms with Crippen LogP contribution >= 0.6 is 0 Å². The zero-order valence-corrected chi connectivity index (χ0v) is 11.9. The van der Waals surface area contributed by atoms with Gasteiger partial charge in [0.25, 0.3) is 0 Å². The monoisotopic (exact) mass is 273 g/mol. The first-order valence-electron chi connectivity index (χ1n) is 7.59. The van der Waals surface area contributed by atoms with Crippen molar-refractivity contribution >= 4 is 5.84 Å². The quantitative estimate of drug-likeness (QED) is 0.520. The van der Waals surface area contributed by atoms with Crippen LogP contribution in [0.1, 0.15) is 31.2 Å². The number of piperidine rings is 1. The average molecular weight is 273 g/mol. The van der Waals surface area contributed by atoms with Crippen molar-refractivity contribution in [2.24, 2.45) is 16.8 Å². The van der Waals surface area contributed by atoms with E-state index in [4.69, 9.17) is 10.6 Å². The van der Waals surface area contributed by atoms with Crippen LogP contribution in [0.5, 0.6) is 0 Å². The highest BCUT2D eigenvalue weighted by Crippen LogP contribution is 2.29. The molecule has 2 aliphatic rings. The second kappa shape index (κ2) is 6.27. The number of hydrogen-bond acceptors (Lipinski definition) is 3. The predicted octanol–water partition coefficient (Wildman–Crippen LogP) is 2.20. The summed E-state index contributed by atoms with van der Waals surface area (Å²) >= 11 is 0. The molecule has 2 N–H and O–H groups in total. The standard InChI is InChI=1S/C16H23N3O/c17-15-8-10-19(11-9-15)16(14-4-2-1-3-5-14)18-20-12-13-6-7-13/h1-5,13,15H,6-12,17H2/b18-16+. The van der Waals surface area contributed by atoms with Gasteiger partial charge in [0.1, 0.15) is 6.61 Å². The van der Waals surface area contributed by atoms with E-state index in [9.17, 15) is 0 Å². The summed E-state index contributed by atoms with van der Waals surface area (Å²) in [7, 11) is 0. The van der Waals surface area contributed by atoms with Gasteiger partial charge in [-0.2, -0.15) is 0 Å². The maximum Gasteiger partial charge on any atom is 0.175 e. The van der Waals surface area contributed by atoms with E-state index >= 15 is 0 Å². The van der Waals surface area contributed by atoms with Crippen molar-refractivity contribution in [3.8, 4) is 0 Å². The third-order valence-corrected chi connectivity index (χ3v) is 4.03. The van der Waals surface area contributed by atoms with E-state index in [0.29, 0.717) is 6.04 Å². The maximum absolute atomic E-state index is 5.99. The summed E-state index contributed by atoms with van der Waals surface area (Å²) in [6.45, 7) is 2.67. The Labute approximate surface area is 120 Å². The highest BCUT2D eigenvalue weighted by Gasteiger charge is 2.23. The number of oxime groups is 1. The average Bonchev–Trinajstić information content (AvgIpc) is 3.30. The Bertz CT molecular complexity index is 448. The zero-order valence-electron chi connectivity index (χ0n) is 11.9. The van der Waals surface area contributed by atoms with E-state index in [1.165, 1.54) is 12.8 Å². The topological polar surface area (TPSA) is 50.8 Å². The molecule has 1 heterocycles. The van der Waals surface area contributed by atoms with Crippen molar-refractivity contribution in [1.82, 2.24) is 4.90 Å². The second-order valence-corrected chi connectivity index (χ2v) is 5.84. The van der Waals surface area contributed by atoms with E-state index in [2.05, 4.69) is 22.2 Å². The van der Waals surface area contributed by atoms with Gasteiger partial charge in [0.15, 0.2) is 5.84 Å². The molecule has 20 heavy (non-hydrogen) atoms. The highest BCUT2D eigenvalue weighted by atomic mass is 16.6. The van der Waals surface area contributed by atoms with Crippen LogP contribution < -0.4 is 5.73 Å². The highest BCUT2D eigenvalue weighted by molar-refractivity contribution is 5.98. The molecule has 0 bridgehead atoms. The van der Waals surface area contributed by atoms with E-state index in [1.807, 2.05) is 18.2 Å². The van der Waals surface area contributed by atoms with Crippen LogP contribution in [-0.2, 0) is 4.84 Å². The van der Waals surface area contributed by atoms with Gasteiger partial charge in [0.2, 0.25) is 0 Å². The fourth-order valence-electron chi connectivity index (χ4n) is 2.48. The van der Waals surface area contributed by atoms with E-state index < -0.39 is 0 Å². The molecule has 0 amide bonds. The van der Waals surface area contributed by atoms with Crippen molar-refractivity contribution in [1.29, 1.82) is 0 Å². The molecule has 0 radical (unpaired) electrons. The van der Waals surface area contributed by atoms with E-state index in [1.54, 1.807) is 0 Å². The van der Waals surface area contributed by atoms with Crippen molar-refractivity contribution < 1.29 is 4.84 Å². The molecule has 1 aliphatic heterocycles. The minimum atomic E-state index is 0.329. The van der Waals surface area contributed by atoms with Gasteiger partial charge in [-0.15, -0.1) is 0 Å². The van der Waals surface area contributed by atoms with Crippen LogP contribution in [0.25, 0.3) is 0 Å². The van der Waals surface area contributed by atoms with Crippen LogP contribution in [-0.4, -0.2) is 36.5 Å². The molecule has 0 atom stereocenters. The van der Waals surface area contributed by atoms with Gasteiger partial charge in [0, 0.05) is 24.7 Å². The lowest BCUT2D eigenvalue weighted by Gasteiger charge is -2.32.